The van der Waals surface area contributed by atoms with Crippen LogP contribution in [0.2, 0.25) is 0 Å². The van der Waals surface area contributed by atoms with Crippen LogP contribution < -0.4 is 5.32 Å². The summed E-state index contributed by atoms with van der Waals surface area (Å²) >= 11 is 0. The van der Waals surface area contributed by atoms with Gasteiger partial charge in [0.05, 0.1) is 12.6 Å². The zero-order valence-corrected chi connectivity index (χ0v) is 7.47. The first-order chi connectivity index (χ1) is 6.75. The summed E-state index contributed by atoms with van der Waals surface area (Å²) in [6, 6.07) is 9.80. The molecule has 1 unspecified atom stereocenters. The Kier molecular flexibility index (Phi) is 3.65. The number of hydrogen-bond acceptors (Lipinski definition) is 3. The minimum atomic E-state index is -0.980. The lowest BCUT2D eigenvalue weighted by molar-refractivity contribution is -0.139. The lowest BCUT2D eigenvalue weighted by atomic mass is 10.1. The van der Waals surface area contributed by atoms with Crippen molar-refractivity contribution in [1.29, 1.82) is 5.26 Å². The molecule has 1 aromatic rings. The molecule has 0 aliphatic rings. The summed E-state index contributed by atoms with van der Waals surface area (Å²) in [5.41, 5.74) is 0.648. The van der Waals surface area contributed by atoms with E-state index in [1.165, 1.54) is 0 Å². The summed E-state index contributed by atoms with van der Waals surface area (Å²) in [5.74, 6) is -0.980. The molecule has 1 atom stereocenters. The Bertz CT molecular complexity index is 343. The monoisotopic (exact) mass is 190 g/mol. The Morgan fingerprint density at radius 3 is 2.64 bits per heavy atom. The molecule has 0 radical (unpaired) electrons. The predicted octanol–water partition coefficient (Wildman–Crippen LogP) is 0.925. The van der Waals surface area contributed by atoms with Gasteiger partial charge in [-0.3, -0.25) is 10.1 Å². The molecule has 1 rings (SSSR count). The minimum absolute atomic E-state index is 0.0197. The molecule has 0 saturated carbocycles. The van der Waals surface area contributed by atoms with Gasteiger partial charge in [-0.25, -0.2) is 0 Å². The molecule has 0 aromatic heterocycles. The van der Waals surface area contributed by atoms with Crippen molar-refractivity contribution in [3.8, 4) is 6.07 Å². The molecule has 1 aromatic carbocycles. The van der Waals surface area contributed by atoms with Gasteiger partial charge < -0.3 is 5.11 Å². The van der Waals surface area contributed by atoms with Gasteiger partial charge in [-0.05, 0) is 5.56 Å². The maximum Gasteiger partial charge on any atom is 0.325 e. The second kappa shape index (κ2) is 5.00. The molecule has 0 fully saturated rings. The number of hydrogen-bond donors (Lipinski definition) is 2. The van der Waals surface area contributed by atoms with Crippen LogP contribution in [0.4, 0.5) is 0 Å². The molecule has 0 aliphatic heterocycles. The fraction of sp³-hybridized carbons (Fsp3) is 0.200. The molecule has 0 bridgehead atoms. The zero-order valence-electron chi connectivity index (χ0n) is 7.47. The quantitative estimate of drug-likeness (QED) is 0.692. The molecule has 0 amide bonds. The van der Waals surface area contributed by atoms with Crippen LogP contribution in [-0.2, 0) is 4.79 Å². The Hall–Kier alpha value is -1.86. The number of carboxylic acid groups (broad SMARTS) is 1. The van der Waals surface area contributed by atoms with Crippen LogP contribution in [-0.4, -0.2) is 17.6 Å². The van der Waals surface area contributed by atoms with Crippen molar-refractivity contribution in [2.24, 2.45) is 0 Å². The van der Waals surface area contributed by atoms with Crippen molar-refractivity contribution in [2.45, 2.75) is 6.04 Å². The van der Waals surface area contributed by atoms with Crippen molar-refractivity contribution in [3.63, 3.8) is 0 Å². The summed E-state index contributed by atoms with van der Waals surface area (Å²) in [6.07, 6.45) is 0. The van der Waals surface area contributed by atoms with E-state index in [9.17, 15) is 4.79 Å². The Labute approximate surface area is 81.8 Å². The van der Waals surface area contributed by atoms with Gasteiger partial charge in [-0.1, -0.05) is 30.3 Å². The SMILES string of the molecule is N#CCNC(C(=O)O)c1ccccc1. The van der Waals surface area contributed by atoms with Crippen LogP contribution in [0.25, 0.3) is 0 Å². The molecule has 4 heteroatoms. The fourth-order valence-corrected chi connectivity index (χ4v) is 1.14. The number of nitriles is 1. The molecular weight excluding hydrogens is 180 g/mol. The van der Waals surface area contributed by atoms with E-state index in [1.54, 1.807) is 24.3 Å². The lowest BCUT2D eigenvalue weighted by Gasteiger charge is -2.11. The van der Waals surface area contributed by atoms with Crippen LogP contribution in [0.3, 0.4) is 0 Å². The summed E-state index contributed by atoms with van der Waals surface area (Å²) in [6.45, 7) is 0.0197. The summed E-state index contributed by atoms with van der Waals surface area (Å²) in [4.78, 5) is 10.8. The Morgan fingerprint density at radius 1 is 1.50 bits per heavy atom. The van der Waals surface area contributed by atoms with Gasteiger partial charge >= 0.3 is 5.97 Å². The average Bonchev–Trinajstić information content (AvgIpc) is 2.19. The van der Waals surface area contributed by atoms with E-state index in [0.717, 1.165) is 0 Å². The van der Waals surface area contributed by atoms with Gasteiger partial charge in [-0.15, -0.1) is 0 Å². The smallest absolute Gasteiger partial charge is 0.325 e. The molecule has 72 valence electrons. The maximum absolute atomic E-state index is 10.8. The molecule has 0 heterocycles. The second-order valence-electron chi connectivity index (χ2n) is 2.72. The topological polar surface area (TPSA) is 73.1 Å². The van der Waals surface area contributed by atoms with E-state index >= 15 is 0 Å². The largest absolute Gasteiger partial charge is 0.480 e. The highest BCUT2D eigenvalue weighted by molar-refractivity contribution is 5.75. The van der Waals surface area contributed by atoms with E-state index in [-0.39, 0.29) is 6.54 Å². The number of carboxylic acids is 1. The van der Waals surface area contributed by atoms with Gasteiger partial charge in [0.2, 0.25) is 0 Å². The highest BCUT2D eigenvalue weighted by Crippen LogP contribution is 2.11. The number of carbonyl (C=O) groups is 1. The van der Waals surface area contributed by atoms with Crippen molar-refractivity contribution >= 4 is 5.97 Å². The van der Waals surface area contributed by atoms with Crippen LogP contribution in [0.5, 0.6) is 0 Å². The highest BCUT2D eigenvalue weighted by Gasteiger charge is 2.17. The van der Waals surface area contributed by atoms with Crippen molar-refractivity contribution in [2.75, 3.05) is 6.54 Å². The second-order valence-corrected chi connectivity index (χ2v) is 2.72. The zero-order chi connectivity index (χ0) is 10.4. The lowest BCUT2D eigenvalue weighted by Crippen LogP contribution is -2.28. The third-order valence-corrected chi connectivity index (χ3v) is 1.77. The minimum Gasteiger partial charge on any atom is -0.480 e. The van der Waals surface area contributed by atoms with Crippen LogP contribution >= 0.6 is 0 Å². The molecule has 4 nitrogen and oxygen atoms in total. The number of nitrogens with one attached hydrogen (secondary N) is 1. The van der Waals surface area contributed by atoms with E-state index in [4.69, 9.17) is 10.4 Å². The van der Waals surface area contributed by atoms with E-state index in [0.29, 0.717) is 5.56 Å². The number of benzene rings is 1. The normalized spacial score (nSPS) is 11.6. The summed E-state index contributed by atoms with van der Waals surface area (Å²) in [5, 5.41) is 19.8. The maximum atomic E-state index is 10.8. The van der Waals surface area contributed by atoms with Crippen LogP contribution in [0, 0.1) is 11.3 Å². The van der Waals surface area contributed by atoms with Gasteiger partial charge in [0.25, 0.3) is 0 Å². The van der Waals surface area contributed by atoms with Gasteiger partial charge in [0.15, 0.2) is 0 Å². The molecular formula is C10H10N2O2. The first-order valence-electron chi connectivity index (χ1n) is 4.14. The molecule has 2 N–H and O–H groups in total. The van der Waals surface area contributed by atoms with E-state index in [1.807, 2.05) is 12.1 Å². The van der Waals surface area contributed by atoms with Gasteiger partial charge in [0, 0.05) is 0 Å². The Morgan fingerprint density at radius 2 is 2.14 bits per heavy atom. The Balaban J connectivity index is 2.79. The van der Waals surface area contributed by atoms with E-state index < -0.39 is 12.0 Å². The highest BCUT2D eigenvalue weighted by atomic mass is 16.4. The first-order valence-corrected chi connectivity index (χ1v) is 4.14. The first kappa shape index (κ1) is 10.2. The molecule has 0 aliphatic carbocycles. The number of nitrogens with zero attached hydrogens (tertiary/aromatic N) is 1. The number of aliphatic carboxylic acids is 1. The van der Waals surface area contributed by atoms with Crippen molar-refractivity contribution in [3.05, 3.63) is 35.9 Å². The van der Waals surface area contributed by atoms with Gasteiger partial charge in [0.1, 0.15) is 6.04 Å². The van der Waals surface area contributed by atoms with Crippen molar-refractivity contribution < 1.29 is 9.90 Å². The van der Waals surface area contributed by atoms with Crippen molar-refractivity contribution in [1.82, 2.24) is 5.32 Å². The molecule has 0 spiro atoms. The fourth-order valence-electron chi connectivity index (χ4n) is 1.14. The standard InChI is InChI=1S/C10H10N2O2/c11-6-7-12-9(10(13)14)8-4-2-1-3-5-8/h1-5,9,12H,7H2,(H,13,14). The summed E-state index contributed by atoms with van der Waals surface area (Å²) < 4.78 is 0. The third-order valence-electron chi connectivity index (χ3n) is 1.77. The third kappa shape index (κ3) is 2.57. The van der Waals surface area contributed by atoms with Crippen LogP contribution in [0.15, 0.2) is 30.3 Å². The predicted molar refractivity (Wildman–Crippen MR) is 50.4 cm³/mol. The molecule has 14 heavy (non-hydrogen) atoms. The summed E-state index contributed by atoms with van der Waals surface area (Å²) in [7, 11) is 0. The van der Waals surface area contributed by atoms with Gasteiger partial charge in [-0.2, -0.15) is 5.26 Å². The van der Waals surface area contributed by atoms with Crippen LogP contribution in [0.1, 0.15) is 11.6 Å². The van der Waals surface area contributed by atoms with E-state index in [2.05, 4.69) is 5.32 Å². The number of rotatable bonds is 4. The average molecular weight is 190 g/mol. The molecule has 0 saturated heterocycles.